The first kappa shape index (κ1) is 30.5. The molecule has 0 aliphatic rings. The quantitative estimate of drug-likeness (QED) is 0.311. The van der Waals surface area contributed by atoms with Crippen molar-refractivity contribution in [1.29, 1.82) is 0 Å². The minimum Gasteiger partial charge on any atom is -0.354 e. The third-order valence-corrected chi connectivity index (χ3v) is 8.38. The molecule has 208 valence electrons. The molecular formula is C29H33Cl2N3O4S. The standard InChI is InChI=1S/C29H33Cl2N3O4S/c1-20(2)17-32-29(36)22(4)33(18-23-10-12-24(30)13-11-23)28(35)19-34(26-7-5-6-25(31)16-26)39(37,38)27-14-8-21(3)9-15-27/h5-16,20,22H,17-19H2,1-4H3,(H,32,36). The molecule has 0 spiro atoms. The molecule has 3 aromatic rings. The van der Waals surface area contributed by atoms with Crippen LogP contribution in [0.5, 0.6) is 0 Å². The molecule has 1 atom stereocenters. The zero-order chi connectivity index (χ0) is 28.7. The minimum absolute atomic E-state index is 0.0350. The summed E-state index contributed by atoms with van der Waals surface area (Å²) in [6.07, 6.45) is 0. The molecule has 0 radical (unpaired) electrons. The summed E-state index contributed by atoms with van der Waals surface area (Å²) in [5.41, 5.74) is 1.88. The Bertz CT molecular complexity index is 1390. The Morgan fingerprint density at radius 1 is 0.897 bits per heavy atom. The molecule has 2 amide bonds. The van der Waals surface area contributed by atoms with Crippen LogP contribution < -0.4 is 9.62 Å². The van der Waals surface area contributed by atoms with Gasteiger partial charge in [0.05, 0.1) is 10.6 Å². The van der Waals surface area contributed by atoms with Gasteiger partial charge in [-0.05, 0) is 67.8 Å². The van der Waals surface area contributed by atoms with Crippen LogP contribution in [0.2, 0.25) is 10.0 Å². The van der Waals surface area contributed by atoms with Gasteiger partial charge in [0.25, 0.3) is 10.0 Å². The predicted octanol–water partition coefficient (Wildman–Crippen LogP) is 5.69. The van der Waals surface area contributed by atoms with E-state index in [1.54, 1.807) is 61.5 Å². The first-order valence-corrected chi connectivity index (χ1v) is 14.7. The lowest BCUT2D eigenvalue weighted by molar-refractivity contribution is -0.139. The molecule has 3 aromatic carbocycles. The highest BCUT2D eigenvalue weighted by atomic mass is 35.5. The smallest absolute Gasteiger partial charge is 0.264 e. The van der Waals surface area contributed by atoms with Crippen molar-refractivity contribution in [3.05, 3.63) is 94.0 Å². The number of anilines is 1. The van der Waals surface area contributed by atoms with Crippen LogP contribution in [0.15, 0.2) is 77.7 Å². The summed E-state index contributed by atoms with van der Waals surface area (Å²) >= 11 is 12.2. The van der Waals surface area contributed by atoms with E-state index >= 15 is 0 Å². The monoisotopic (exact) mass is 589 g/mol. The van der Waals surface area contributed by atoms with Crippen LogP contribution in [0.25, 0.3) is 0 Å². The normalized spacial score (nSPS) is 12.2. The molecule has 1 unspecified atom stereocenters. The molecule has 10 heteroatoms. The number of nitrogens with one attached hydrogen (secondary N) is 1. The number of hydrogen-bond donors (Lipinski definition) is 1. The van der Waals surface area contributed by atoms with E-state index < -0.39 is 28.5 Å². The molecule has 0 aliphatic heterocycles. The van der Waals surface area contributed by atoms with Crippen LogP contribution in [0.3, 0.4) is 0 Å². The number of amides is 2. The molecule has 39 heavy (non-hydrogen) atoms. The maximum absolute atomic E-state index is 13.9. The number of carbonyl (C=O) groups is 2. The highest BCUT2D eigenvalue weighted by molar-refractivity contribution is 7.92. The molecule has 0 heterocycles. The molecule has 0 saturated carbocycles. The second-order valence-corrected chi connectivity index (χ2v) is 12.5. The molecule has 0 aliphatic carbocycles. The average Bonchev–Trinajstić information content (AvgIpc) is 2.89. The summed E-state index contributed by atoms with van der Waals surface area (Å²) in [6, 6.07) is 18.7. The van der Waals surface area contributed by atoms with Crippen molar-refractivity contribution in [2.75, 3.05) is 17.4 Å². The van der Waals surface area contributed by atoms with Gasteiger partial charge in [-0.15, -0.1) is 0 Å². The van der Waals surface area contributed by atoms with Gasteiger partial charge >= 0.3 is 0 Å². The number of aryl methyl sites for hydroxylation is 1. The third kappa shape index (κ3) is 8.21. The fourth-order valence-electron chi connectivity index (χ4n) is 3.82. The maximum atomic E-state index is 13.9. The van der Waals surface area contributed by atoms with Gasteiger partial charge in [-0.3, -0.25) is 13.9 Å². The van der Waals surface area contributed by atoms with Crippen LogP contribution in [0.1, 0.15) is 31.9 Å². The van der Waals surface area contributed by atoms with Crippen LogP contribution in [-0.4, -0.2) is 44.3 Å². The van der Waals surface area contributed by atoms with Crippen molar-refractivity contribution in [3.8, 4) is 0 Å². The van der Waals surface area contributed by atoms with E-state index in [2.05, 4.69) is 5.32 Å². The van der Waals surface area contributed by atoms with Crippen LogP contribution >= 0.6 is 23.2 Å². The molecule has 7 nitrogen and oxygen atoms in total. The highest BCUT2D eigenvalue weighted by Crippen LogP contribution is 2.27. The Balaban J connectivity index is 2.01. The SMILES string of the molecule is Cc1ccc(S(=O)(=O)N(CC(=O)N(Cc2ccc(Cl)cc2)C(C)C(=O)NCC(C)C)c2cccc(Cl)c2)cc1. The average molecular weight is 591 g/mol. The number of benzene rings is 3. The van der Waals surface area contributed by atoms with E-state index in [1.807, 2.05) is 20.8 Å². The zero-order valence-corrected chi connectivity index (χ0v) is 24.7. The van der Waals surface area contributed by atoms with Crippen LogP contribution in [0.4, 0.5) is 5.69 Å². The van der Waals surface area contributed by atoms with Gasteiger partial charge in [-0.25, -0.2) is 8.42 Å². The van der Waals surface area contributed by atoms with Crippen LogP contribution in [0, 0.1) is 12.8 Å². The van der Waals surface area contributed by atoms with Gasteiger partial charge in [0.15, 0.2) is 0 Å². The van der Waals surface area contributed by atoms with E-state index in [9.17, 15) is 18.0 Å². The van der Waals surface area contributed by atoms with Crippen molar-refractivity contribution in [1.82, 2.24) is 10.2 Å². The Morgan fingerprint density at radius 2 is 1.54 bits per heavy atom. The van der Waals surface area contributed by atoms with Gasteiger partial charge in [-0.2, -0.15) is 0 Å². The molecule has 0 aromatic heterocycles. The second-order valence-electron chi connectivity index (χ2n) is 9.77. The number of nitrogens with zero attached hydrogens (tertiary/aromatic N) is 2. The fourth-order valence-corrected chi connectivity index (χ4v) is 5.54. The highest BCUT2D eigenvalue weighted by Gasteiger charge is 2.32. The summed E-state index contributed by atoms with van der Waals surface area (Å²) in [7, 11) is -4.15. The van der Waals surface area contributed by atoms with Gasteiger partial charge in [0.2, 0.25) is 11.8 Å². The fraction of sp³-hybridized carbons (Fsp3) is 0.310. The first-order valence-electron chi connectivity index (χ1n) is 12.5. The van der Waals surface area contributed by atoms with Gasteiger partial charge in [0, 0.05) is 23.1 Å². The van der Waals surface area contributed by atoms with E-state index in [-0.39, 0.29) is 29.0 Å². The van der Waals surface area contributed by atoms with Crippen molar-refractivity contribution in [3.63, 3.8) is 0 Å². The molecular weight excluding hydrogens is 557 g/mol. The summed E-state index contributed by atoms with van der Waals surface area (Å²) < 4.78 is 28.6. The lowest BCUT2D eigenvalue weighted by atomic mass is 10.1. The van der Waals surface area contributed by atoms with Crippen molar-refractivity contribution in [2.45, 2.75) is 45.2 Å². The summed E-state index contributed by atoms with van der Waals surface area (Å²) in [5.74, 6) is -0.658. The summed E-state index contributed by atoms with van der Waals surface area (Å²) in [6.45, 7) is 7.42. The second kappa shape index (κ2) is 13.3. The largest absolute Gasteiger partial charge is 0.354 e. The van der Waals surface area contributed by atoms with Gasteiger partial charge in [0.1, 0.15) is 12.6 Å². The number of sulfonamides is 1. The molecule has 3 rings (SSSR count). The van der Waals surface area contributed by atoms with Gasteiger partial charge in [-0.1, -0.05) is 72.9 Å². The zero-order valence-electron chi connectivity index (χ0n) is 22.4. The van der Waals surface area contributed by atoms with E-state index in [4.69, 9.17) is 23.2 Å². The molecule has 1 N–H and O–H groups in total. The Kier molecular flexibility index (Phi) is 10.4. The predicted molar refractivity (Wildman–Crippen MR) is 156 cm³/mol. The maximum Gasteiger partial charge on any atom is 0.264 e. The number of halogens is 2. The van der Waals surface area contributed by atoms with E-state index in [0.29, 0.717) is 16.6 Å². The van der Waals surface area contributed by atoms with Crippen molar-refractivity contribution < 1.29 is 18.0 Å². The third-order valence-electron chi connectivity index (χ3n) is 6.10. The Hall–Kier alpha value is -3.07. The topological polar surface area (TPSA) is 86.8 Å². The van der Waals surface area contributed by atoms with Gasteiger partial charge < -0.3 is 10.2 Å². The van der Waals surface area contributed by atoms with E-state index in [1.165, 1.54) is 23.1 Å². The molecule has 0 bridgehead atoms. The van der Waals surface area contributed by atoms with Crippen molar-refractivity contribution in [2.24, 2.45) is 5.92 Å². The number of hydrogen-bond acceptors (Lipinski definition) is 4. The first-order chi connectivity index (χ1) is 18.4. The Labute approximate surface area is 240 Å². The number of carbonyl (C=O) groups excluding carboxylic acids is 2. The number of rotatable bonds is 11. The lowest BCUT2D eigenvalue weighted by Gasteiger charge is -2.32. The van der Waals surface area contributed by atoms with E-state index in [0.717, 1.165) is 15.4 Å². The van der Waals surface area contributed by atoms with Crippen LogP contribution in [-0.2, 0) is 26.2 Å². The molecule has 0 fully saturated rings. The minimum atomic E-state index is -4.15. The lowest BCUT2D eigenvalue weighted by Crippen LogP contribution is -2.51. The molecule has 0 saturated heterocycles. The summed E-state index contributed by atoms with van der Waals surface area (Å²) in [4.78, 5) is 28.3. The Morgan fingerprint density at radius 3 is 2.13 bits per heavy atom. The van der Waals surface area contributed by atoms with Crippen molar-refractivity contribution >= 4 is 50.7 Å². The summed E-state index contributed by atoms with van der Waals surface area (Å²) in [5, 5.41) is 3.72.